The van der Waals surface area contributed by atoms with Gasteiger partial charge in [0, 0.05) is 11.0 Å². The molecule has 0 spiro atoms. The van der Waals surface area contributed by atoms with E-state index in [0.29, 0.717) is 24.4 Å². The van der Waals surface area contributed by atoms with E-state index < -0.39 is 7.12 Å². The maximum atomic E-state index is 9.31. The molecule has 2 aromatic carbocycles. The quantitative estimate of drug-likeness (QED) is 0.811. The number of benzene rings is 2. The first-order valence-corrected chi connectivity index (χ1v) is 6.55. The standard InChI is InChI=1S/C15H15BO4/c17-16(18)13-6-2-4-8-15(13)20-10-11-9-19-14-7-3-1-5-12(11)14/h1-8,11,17-18H,9-10H2. The second-order valence-electron chi connectivity index (χ2n) is 4.77. The summed E-state index contributed by atoms with van der Waals surface area (Å²) in [5.41, 5.74) is 1.51. The van der Waals surface area contributed by atoms with Crippen LogP contribution in [0.15, 0.2) is 48.5 Å². The summed E-state index contributed by atoms with van der Waals surface area (Å²) in [7, 11) is -1.53. The molecule has 0 saturated heterocycles. The Labute approximate surface area is 117 Å². The number of rotatable bonds is 4. The first-order valence-electron chi connectivity index (χ1n) is 6.55. The van der Waals surface area contributed by atoms with Gasteiger partial charge in [0.15, 0.2) is 0 Å². The van der Waals surface area contributed by atoms with Crippen LogP contribution < -0.4 is 14.9 Å². The zero-order valence-electron chi connectivity index (χ0n) is 10.9. The molecule has 0 bridgehead atoms. The molecular formula is C15H15BO4. The predicted molar refractivity (Wildman–Crippen MR) is 76.4 cm³/mol. The minimum absolute atomic E-state index is 0.162. The van der Waals surface area contributed by atoms with Crippen LogP contribution in [0.2, 0.25) is 0 Å². The SMILES string of the molecule is OB(O)c1ccccc1OCC1COc2ccccc21. The Hall–Kier alpha value is -1.98. The molecule has 102 valence electrons. The van der Waals surface area contributed by atoms with Gasteiger partial charge in [-0.25, -0.2) is 0 Å². The summed E-state index contributed by atoms with van der Waals surface area (Å²) < 4.78 is 11.3. The van der Waals surface area contributed by atoms with Crippen LogP contribution in [0.3, 0.4) is 0 Å². The van der Waals surface area contributed by atoms with Gasteiger partial charge in [-0.15, -0.1) is 0 Å². The number of hydrogen-bond donors (Lipinski definition) is 2. The van der Waals surface area contributed by atoms with Gasteiger partial charge >= 0.3 is 7.12 Å². The van der Waals surface area contributed by atoms with E-state index in [1.54, 1.807) is 24.3 Å². The molecule has 0 saturated carbocycles. The highest BCUT2D eigenvalue weighted by Gasteiger charge is 2.25. The van der Waals surface area contributed by atoms with Gasteiger partial charge < -0.3 is 19.5 Å². The van der Waals surface area contributed by atoms with E-state index in [9.17, 15) is 10.0 Å². The van der Waals surface area contributed by atoms with E-state index in [4.69, 9.17) is 9.47 Å². The molecule has 0 fully saturated rings. The van der Waals surface area contributed by atoms with E-state index in [1.165, 1.54) is 0 Å². The molecule has 1 aliphatic heterocycles. The molecule has 0 aliphatic carbocycles. The van der Waals surface area contributed by atoms with Crippen molar-refractivity contribution in [3.63, 3.8) is 0 Å². The summed E-state index contributed by atoms with van der Waals surface area (Å²) in [6.45, 7) is 1.03. The summed E-state index contributed by atoms with van der Waals surface area (Å²) in [6.07, 6.45) is 0. The molecule has 5 heteroatoms. The minimum Gasteiger partial charge on any atom is -0.493 e. The summed E-state index contributed by atoms with van der Waals surface area (Å²) in [5, 5.41) is 18.6. The highest BCUT2D eigenvalue weighted by molar-refractivity contribution is 6.59. The van der Waals surface area contributed by atoms with Gasteiger partial charge in [0.1, 0.15) is 11.5 Å². The van der Waals surface area contributed by atoms with E-state index in [0.717, 1.165) is 11.3 Å². The number of ether oxygens (including phenoxy) is 2. The summed E-state index contributed by atoms with van der Waals surface area (Å²) in [5.74, 6) is 1.55. The number of para-hydroxylation sites is 2. The first kappa shape index (κ1) is 13.0. The largest absolute Gasteiger partial charge is 0.493 e. The van der Waals surface area contributed by atoms with Crippen LogP contribution >= 0.6 is 0 Å². The summed E-state index contributed by atoms with van der Waals surface area (Å²) in [4.78, 5) is 0. The topological polar surface area (TPSA) is 58.9 Å². The fraction of sp³-hybridized carbons (Fsp3) is 0.200. The third kappa shape index (κ3) is 2.50. The maximum absolute atomic E-state index is 9.31. The van der Waals surface area contributed by atoms with Crippen LogP contribution in [-0.2, 0) is 0 Å². The maximum Gasteiger partial charge on any atom is 0.492 e. The lowest BCUT2D eigenvalue weighted by atomic mass is 9.79. The van der Waals surface area contributed by atoms with E-state index in [-0.39, 0.29) is 5.92 Å². The Morgan fingerprint density at radius 2 is 1.85 bits per heavy atom. The molecule has 2 aromatic rings. The normalized spacial score (nSPS) is 16.4. The molecule has 1 atom stereocenters. The van der Waals surface area contributed by atoms with Crippen molar-refractivity contribution in [3.8, 4) is 11.5 Å². The lowest BCUT2D eigenvalue weighted by Crippen LogP contribution is -2.31. The predicted octanol–water partition coefficient (Wildman–Crippen LogP) is 0.921. The fourth-order valence-corrected chi connectivity index (χ4v) is 2.38. The van der Waals surface area contributed by atoms with E-state index >= 15 is 0 Å². The summed E-state index contributed by atoms with van der Waals surface area (Å²) in [6, 6.07) is 14.8. The summed E-state index contributed by atoms with van der Waals surface area (Å²) >= 11 is 0. The van der Waals surface area contributed by atoms with Crippen molar-refractivity contribution < 1.29 is 19.5 Å². The van der Waals surface area contributed by atoms with Crippen LogP contribution in [0.1, 0.15) is 11.5 Å². The van der Waals surface area contributed by atoms with Crippen LogP contribution in [0.5, 0.6) is 11.5 Å². The Morgan fingerprint density at radius 1 is 1.10 bits per heavy atom. The second kappa shape index (κ2) is 5.57. The lowest BCUT2D eigenvalue weighted by molar-refractivity contribution is 0.249. The highest BCUT2D eigenvalue weighted by Crippen LogP contribution is 2.33. The molecule has 1 unspecified atom stereocenters. The smallest absolute Gasteiger partial charge is 0.492 e. The minimum atomic E-state index is -1.53. The van der Waals surface area contributed by atoms with Gasteiger partial charge in [0.2, 0.25) is 0 Å². The Bertz CT molecular complexity index is 600. The molecular weight excluding hydrogens is 255 g/mol. The van der Waals surface area contributed by atoms with Gasteiger partial charge in [-0.1, -0.05) is 36.4 Å². The fourth-order valence-electron chi connectivity index (χ4n) is 2.38. The van der Waals surface area contributed by atoms with Gasteiger partial charge in [-0.2, -0.15) is 0 Å². The molecule has 20 heavy (non-hydrogen) atoms. The van der Waals surface area contributed by atoms with Gasteiger partial charge in [0.05, 0.1) is 19.1 Å². The zero-order chi connectivity index (χ0) is 13.9. The van der Waals surface area contributed by atoms with Gasteiger partial charge in [-0.05, 0) is 12.1 Å². The lowest BCUT2D eigenvalue weighted by Gasteiger charge is -2.14. The Kier molecular flexibility index (Phi) is 3.63. The Balaban J connectivity index is 1.72. The Morgan fingerprint density at radius 3 is 2.70 bits per heavy atom. The third-order valence-corrected chi connectivity index (χ3v) is 3.44. The van der Waals surface area contributed by atoms with Crippen molar-refractivity contribution in [2.24, 2.45) is 0 Å². The molecule has 1 aliphatic rings. The van der Waals surface area contributed by atoms with Crippen molar-refractivity contribution >= 4 is 12.6 Å². The first-order chi connectivity index (χ1) is 9.75. The average molecular weight is 270 g/mol. The highest BCUT2D eigenvalue weighted by atomic mass is 16.5. The monoisotopic (exact) mass is 270 g/mol. The van der Waals surface area contributed by atoms with Crippen molar-refractivity contribution in [2.75, 3.05) is 13.2 Å². The average Bonchev–Trinajstić information content (AvgIpc) is 2.88. The molecule has 0 amide bonds. The van der Waals surface area contributed by atoms with Gasteiger partial charge in [0.25, 0.3) is 0 Å². The molecule has 2 N–H and O–H groups in total. The third-order valence-electron chi connectivity index (χ3n) is 3.44. The number of fused-ring (bicyclic) bond motifs is 1. The van der Waals surface area contributed by atoms with Crippen molar-refractivity contribution in [1.29, 1.82) is 0 Å². The van der Waals surface area contributed by atoms with Crippen molar-refractivity contribution in [2.45, 2.75) is 5.92 Å². The zero-order valence-corrected chi connectivity index (χ0v) is 10.9. The van der Waals surface area contributed by atoms with Gasteiger partial charge in [-0.3, -0.25) is 0 Å². The van der Waals surface area contributed by atoms with Crippen LogP contribution in [0, 0.1) is 0 Å². The van der Waals surface area contributed by atoms with Crippen LogP contribution in [-0.4, -0.2) is 30.4 Å². The van der Waals surface area contributed by atoms with Crippen molar-refractivity contribution in [1.82, 2.24) is 0 Å². The molecule has 3 rings (SSSR count). The second-order valence-corrected chi connectivity index (χ2v) is 4.77. The molecule has 0 radical (unpaired) electrons. The van der Waals surface area contributed by atoms with E-state index in [1.807, 2.05) is 24.3 Å². The number of hydrogen-bond acceptors (Lipinski definition) is 4. The molecule has 0 aromatic heterocycles. The van der Waals surface area contributed by atoms with Crippen LogP contribution in [0.25, 0.3) is 0 Å². The van der Waals surface area contributed by atoms with Crippen LogP contribution in [0.4, 0.5) is 0 Å². The molecule has 4 nitrogen and oxygen atoms in total. The molecule has 1 heterocycles. The van der Waals surface area contributed by atoms with Crippen molar-refractivity contribution in [3.05, 3.63) is 54.1 Å². The van der Waals surface area contributed by atoms with E-state index in [2.05, 4.69) is 0 Å².